The number of aromatic nitrogens is 1. The van der Waals surface area contributed by atoms with Crippen LogP contribution in [0.4, 0.5) is 0 Å². The summed E-state index contributed by atoms with van der Waals surface area (Å²) in [7, 11) is 0. The molecule has 1 aliphatic rings. The van der Waals surface area contributed by atoms with E-state index >= 15 is 0 Å². The topological polar surface area (TPSA) is 71.1 Å². The number of para-hydroxylation sites is 1. The second-order valence-electron chi connectivity index (χ2n) is 8.77. The standard InChI is InChI=1S/C27H31N3O2/c1-18(20-11-5-3-6-12-20)29-27(32)25-22-15-9-10-16-24(22)30-26(21-13-7-4-8-14-21)23(25)17-28-19(2)31/h4,7-10,13-16,18,20H,3,5-6,11-12,17H2,1-2H3,(H,28,31)(H,29,32)/t18-/m0/s1. The summed E-state index contributed by atoms with van der Waals surface area (Å²) in [5, 5.41) is 6.98. The molecule has 2 amide bonds. The van der Waals surface area contributed by atoms with Crippen molar-refractivity contribution in [2.45, 2.75) is 58.5 Å². The lowest BCUT2D eigenvalue weighted by atomic mass is 9.84. The van der Waals surface area contributed by atoms with Gasteiger partial charge in [0.1, 0.15) is 0 Å². The van der Waals surface area contributed by atoms with Crippen LogP contribution in [0.1, 0.15) is 61.9 Å². The lowest BCUT2D eigenvalue weighted by molar-refractivity contribution is -0.119. The van der Waals surface area contributed by atoms with Gasteiger partial charge in [-0.05, 0) is 31.7 Å². The Hall–Kier alpha value is -3.21. The predicted octanol–water partition coefficient (Wildman–Crippen LogP) is 5.24. The van der Waals surface area contributed by atoms with Gasteiger partial charge in [0.25, 0.3) is 5.91 Å². The van der Waals surface area contributed by atoms with Crippen molar-refractivity contribution in [3.63, 3.8) is 0 Å². The Morgan fingerprint density at radius 1 is 1.00 bits per heavy atom. The third kappa shape index (κ3) is 4.82. The van der Waals surface area contributed by atoms with Crippen LogP contribution in [0.2, 0.25) is 0 Å². The number of rotatable bonds is 6. The molecule has 0 radical (unpaired) electrons. The van der Waals surface area contributed by atoms with Crippen LogP contribution in [-0.2, 0) is 11.3 Å². The van der Waals surface area contributed by atoms with E-state index in [1.807, 2.05) is 54.6 Å². The average Bonchev–Trinajstić information content (AvgIpc) is 2.82. The third-order valence-corrected chi connectivity index (χ3v) is 6.50. The molecule has 2 N–H and O–H groups in total. The van der Waals surface area contributed by atoms with E-state index in [2.05, 4.69) is 17.6 Å². The summed E-state index contributed by atoms with van der Waals surface area (Å²) in [5.41, 5.74) is 3.78. The third-order valence-electron chi connectivity index (χ3n) is 6.50. The lowest BCUT2D eigenvalue weighted by Gasteiger charge is -2.29. The number of hydrogen-bond acceptors (Lipinski definition) is 3. The molecule has 1 aliphatic carbocycles. The monoisotopic (exact) mass is 429 g/mol. The maximum absolute atomic E-state index is 13.7. The number of hydrogen-bond donors (Lipinski definition) is 2. The molecule has 0 spiro atoms. The normalized spacial score (nSPS) is 15.3. The molecule has 0 saturated heterocycles. The molecule has 4 rings (SSSR count). The molecule has 5 nitrogen and oxygen atoms in total. The maximum atomic E-state index is 13.7. The van der Waals surface area contributed by atoms with E-state index in [0.717, 1.165) is 40.6 Å². The van der Waals surface area contributed by atoms with Crippen molar-refractivity contribution >= 4 is 22.7 Å². The average molecular weight is 430 g/mol. The van der Waals surface area contributed by atoms with E-state index in [1.165, 1.54) is 26.2 Å². The highest BCUT2D eigenvalue weighted by Crippen LogP contribution is 2.31. The van der Waals surface area contributed by atoms with E-state index in [4.69, 9.17) is 4.98 Å². The SMILES string of the molecule is CC(=O)NCc1c(-c2ccccc2)nc2ccccc2c1C(=O)N[C@@H](C)C1CCCCC1. The summed E-state index contributed by atoms with van der Waals surface area (Å²) < 4.78 is 0. The first-order chi connectivity index (χ1) is 15.5. The van der Waals surface area contributed by atoms with Crippen molar-refractivity contribution < 1.29 is 9.59 Å². The highest BCUT2D eigenvalue weighted by atomic mass is 16.2. The van der Waals surface area contributed by atoms with Crippen molar-refractivity contribution in [3.05, 3.63) is 65.7 Å². The second kappa shape index (κ2) is 9.94. The van der Waals surface area contributed by atoms with Crippen molar-refractivity contribution in [2.75, 3.05) is 0 Å². The number of benzene rings is 2. The highest BCUT2D eigenvalue weighted by Gasteiger charge is 2.26. The van der Waals surface area contributed by atoms with Gasteiger partial charge in [0.05, 0.1) is 16.8 Å². The molecular formula is C27H31N3O2. The Kier molecular flexibility index (Phi) is 6.84. The zero-order valence-corrected chi connectivity index (χ0v) is 18.9. The van der Waals surface area contributed by atoms with Crippen molar-refractivity contribution in [1.82, 2.24) is 15.6 Å². The van der Waals surface area contributed by atoms with E-state index in [9.17, 15) is 9.59 Å². The minimum Gasteiger partial charge on any atom is -0.352 e. The minimum atomic E-state index is -0.140. The second-order valence-corrected chi connectivity index (χ2v) is 8.77. The number of nitrogens with one attached hydrogen (secondary N) is 2. The van der Waals surface area contributed by atoms with Gasteiger partial charge in [0.2, 0.25) is 5.91 Å². The van der Waals surface area contributed by atoms with Gasteiger partial charge < -0.3 is 10.6 Å². The van der Waals surface area contributed by atoms with Crippen LogP contribution in [0.3, 0.4) is 0 Å². The summed E-state index contributed by atoms with van der Waals surface area (Å²) in [6.45, 7) is 3.85. The Morgan fingerprint density at radius 2 is 1.69 bits per heavy atom. The molecule has 3 aromatic rings. The molecule has 5 heteroatoms. The van der Waals surface area contributed by atoms with Crippen LogP contribution in [0, 0.1) is 5.92 Å². The highest BCUT2D eigenvalue weighted by molar-refractivity contribution is 6.09. The van der Waals surface area contributed by atoms with Gasteiger partial charge in [-0.2, -0.15) is 0 Å². The molecule has 1 saturated carbocycles. The van der Waals surface area contributed by atoms with E-state index in [1.54, 1.807) is 0 Å². The van der Waals surface area contributed by atoms with Crippen LogP contribution in [-0.4, -0.2) is 22.8 Å². The van der Waals surface area contributed by atoms with Gasteiger partial charge in [0.15, 0.2) is 0 Å². The molecule has 166 valence electrons. The molecule has 0 unspecified atom stereocenters. The smallest absolute Gasteiger partial charge is 0.252 e. The minimum absolute atomic E-state index is 0.0980. The summed E-state index contributed by atoms with van der Waals surface area (Å²) >= 11 is 0. The first kappa shape index (κ1) is 22.0. The largest absolute Gasteiger partial charge is 0.352 e. The Morgan fingerprint density at radius 3 is 2.41 bits per heavy atom. The van der Waals surface area contributed by atoms with Gasteiger partial charge in [-0.1, -0.05) is 67.8 Å². The van der Waals surface area contributed by atoms with E-state index < -0.39 is 0 Å². The summed E-state index contributed by atoms with van der Waals surface area (Å²) in [4.78, 5) is 30.4. The van der Waals surface area contributed by atoms with Crippen LogP contribution >= 0.6 is 0 Å². The van der Waals surface area contributed by atoms with Gasteiger partial charge in [-0.3, -0.25) is 9.59 Å². The zero-order chi connectivity index (χ0) is 22.5. The fourth-order valence-electron chi connectivity index (χ4n) is 4.76. The van der Waals surface area contributed by atoms with Crippen LogP contribution in [0.5, 0.6) is 0 Å². The number of carbonyl (C=O) groups excluding carboxylic acids is 2. The van der Waals surface area contributed by atoms with Gasteiger partial charge in [-0.15, -0.1) is 0 Å². The fourth-order valence-corrected chi connectivity index (χ4v) is 4.76. The van der Waals surface area contributed by atoms with Gasteiger partial charge in [0, 0.05) is 36.0 Å². The number of fused-ring (bicyclic) bond motifs is 1. The Bertz CT molecular complexity index is 1100. The van der Waals surface area contributed by atoms with E-state index in [-0.39, 0.29) is 24.4 Å². The van der Waals surface area contributed by atoms with Crippen LogP contribution in [0.25, 0.3) is 22.2 Å². The summed E-state index contributed by atoms with van der Waals surface area (Å²) in [6.07, 6.45) is 6.07. The molecule has 32 heavy (non-hydrogen) atoms. The molecule has 1 aromatic heterocycles. The van der Waals surface area contributed by atoms with Crippen LogP contribution in [0.15, 0.2) is 54.6 Å². The van der Waals surface area contributed by atoms with Crippen molar-refractivity contribution in [3.8, 4) is 11.3 Å². The summed E-state index contributed by atoms with van der Waals surface area (Å²) in [6, 6.07) is 17.7. The maximum Gasteiger partial charge on any atom is 0.252 e. The zero-order valence-electron chi connectivity index (χ0n) is 18.9. The Balaban J connectivity index is 1.81. The first-order valence-electron chi connectivity index (χ1n) is 11.6. The number of amides is 2. The molecular weight excluding hydrogens is 398 g/mol. The molecule has 2 aromatic carbocycles. The lowest BCUT2D eigenvalue weighted by Crippen LogP contribution is -2.39. The number of pyridine rings is 1. The quantitative estimate of drug-likeness (QED) is 0.563. The molecule has 0 bridgehead atoms. The molecule has 1 heterocycles. The molecule has 1 atom stereocenters. The molecule has 1 fully saturated rings. The van der Waals surface area contributed by atoms with Crippen LogP contribution < -0.4 is 10.6 Å². The predicted molar refractivity (Wildman–Crippen MR) is 128 cm³/mol. The van der Waals surface area contributed by atoms with Gasteiger partial charge in [-0.25, -0.2) is 4.98 Å². The Labute approximate surface area is 189 Å². The summed E-state index contributed by atoms with van der Waals surface area (Å²) in [5.74, 6) is 0.270. The fraction of sp³-hybridized carbons (Fsp3) is 0.370. The first-order valence-corrected chi connectivity index (χ1v) is 11.6. The van der Waals surface area contributed by atoms with Gasteiger partial charge >= 0.3 is 0 Å². The van der Waals surface area contributed by atoms with Crippen molar-refractivity contribution in [1.29, 1.82) is 0 Å². The number of carbonyl (C=O) groups is 2. The van der Waals surface area contributed by atoms with Crippen molar-refractivity contribution in [2.24, 2.45) is 5.92 Å². The van der Waals surface area contributed by atoms with E-state index in [0.29, 0.717) is 11.5 Å². The molecule has 0 aliphatic heterocycles. The number of nitrogens with zero attached hydrogens (tertiary/aromatic N) is 1.